The molecule has 0 fully saturated rings. The lowest BCUT2D eigenvalue weighted by atomic mass is 10.4. The predicted molar refractivity (Wildman–Crippen MR) is 72.5 cm³/mol. The average Bonchev–Trinajstić information content (AvgIpc) is 2.41. The van der Waals surface area contributed by atoms with Gasteiger partial charge in [-0.3, -0.25) is 14.9 Å². The molecule has 0 atom stereocenters. The van der Waals surface area contributed by atoms with Crippen molar-refractivity contribution in [3.05, 3.63) is 41.3 Å². The van der Waals surface area contributed by atoms with E-state index in [1.54, 1.807) is 6.92 Å². The van der Waals surface area contributed by atoms with Crippen LogP contribution in [0.3, 0.4) is 0 Å². The lowest BCUT2D eigenvalue weighted by molar-refractivity contribution is -0.143. The Bertz CT molecular complexity index is 550. The van der Waals surface area contributed by atoms with E-state index in [1.165, 1.54) is 24.4 Å². The molecule has 1 aromatic heterocycles. The Morgan fingerprint density at radius 2 is 2.20 bits per heavy atom. The van der Waals surface area contributed by atoms with Gasteiger partial charge in [-0.1, -0.05) is 12.7 Å². The number of hydrogen-bond acceptors (Lipinski definition) is 5. The molecule has 0 radical (unpaired) electrons. The van der Waals surface area contributed by atoms with Crippen LogP contribution in [0, 0.1) is 0 Å². The van der Waals surface area contributed by atoms with Crippen molar-refractivity contribution >= 4 is 17.7 Å². The van der Waals surface area contributed by atoms with Crippen LogP contribution in [0.1, 0.15) is 6.92 Å². The maximum absolute atomic E-state index is 12.0. The van der Waals surface area contributed by atoms with Gasteiger partial charge in [-0.15, -0.1) is 0 Å². The first-order valence-corrected chi connectivity index (χ1v) is 5.98. The van der Waals surface area contributed by atoms with E-state index in [-0.39, 0.29) is 25.4 Å². The van der Waals surface area contributed by atoms with Crippen LogP contribution in [-0.2, 0) is 20.8 Å². The Labute approximate surface area is 115 Å². The predicted octanol–water partition coefficient (Wildman–Crippen LogP) is 1.15. The van der Waals surface area contributed by atoms with Crippen molar-refractivity contribution in [1.82, 2.24) is 4.57 Å². The van der Waals surface area contributed by atoms with Gasteiger partial charge in [0.05, 0.1) is 6.61 Å². The summed E-state index contributed by atoms with van der Waals surface area (Å²) in [5.74, 6) is -0.527. The third-order valence-corrected chi connectivity index (χ3v) is 2.19. The molecule has 0 spiro atoms. The van der Waals surface area contributed by atoms with Crippen molar-refractivity contribution in [2.45, 2.75) is 13.5 Å². The van der Waals surface area contributed by atoms with Gasteiger partial charge < -0.3 is 14.0 Å². The molecule has 0 aliphatic carbocycles. The van der Waals surface area contributed by atoms with E-state index in [0.717, 1.165) is 4.57 Å². The van der Waals surface area contributed by atoms with Crippen LogP contribution >= 0.6 is 0 Å². The zero-order chi connectivity index (χ0) is 15.0. The summed E-state index contributed by atoms with van der Waals surface area (Å²) in [5.41, 5.74) is -0.498. The van der Waals surface area contributed by atoms with Gasteiger partial charge in [0.2, 0.25) is 0 Å². The second-order valence-corrected chi connectivity index (χ2v) is 3.67. The van der Waals surface area contributed by atoms with Crippen molar-refractivity contribution < 1.29 is 19.1 Å². The van der Waals surface area contributed by atoms with Crippen molar-refractivity contribution in [3.63, 3.8) is 0 Å². The molecule has 20 heavy (non-hydrogen) atoms. The highest BCUT2D eigenvalue weighted by atomic mass is 16.5. The molecule has 108 valence electrons. The summed E-state index contributed by atoms with van der Waals surface area (Å²) in [4.78, 5) is 34.7. The molecule has 0 aromatic carbocycles. The second-order valence-electron chi connectivity index (χ2n) is 3.67. The van der Waals surface area contributed by atoms with Crippen molar-refractivity contribution in [1.29, 1.82) is 0 Å². The third-order valence-electron chi connectivity index (χ3n) is 2.19. The first kappa shape index (κ1) is 15.5. The SMILES string of the molecule is C=CCOC(=O)Nc1cccn(CC(=O)OCC)c1=O. The summed E-state index contributed by atoms with van der Waals surface area (Å²) in [6.07, 6.45) is 2.07. The van der Waals surface area contributed by atoms with Gasteiger partial charge >= 0.3 is 12.1 Å². The molecule has 0 unspecified atom stereocenters. The molecule has 1 aromatic rings. The molecule has 7 nitrogen and oxygen atoms in total. The molecule has 1 heterocycles. The van der Waals surface area contributed by atoms with Crippen molar-refractivity contribution in [2.24, 2.45) is 0 Å². The largest absolute Gasteiger partial charge is 0.465 e. The van der Waals surface area contributed by atoms with Gasteiger partial charge in [-0.05, 0) is 19.1 Å². The summed E-state index contributed by atoms with van der Waals surface area (Å²) in [7, 11) is 0. The maximum Gasteiger partial charge on any atom is 0.412 e. The number of ether oxygens (including phenoxy) is 2. The van der Waals surface area contributed by atoms with Crippen LogP contribution in [0.4, 0.5) is 10.5 Å². The molecule has 1 rings (SSSR count). The number of nitrogens with zero attached hydrogens (tertiary/aromatic N) is 1. The van der Waals surface area contributed by atoms with E-state index < -0.39 is 17.6 Å². The zero-order valence-corrected chi connectivity index (χ0v) is 11.1. The number of carbonyl (C=O) groups is 2. The molecule has 1 N–H and O–H groups in total. The minimum absolute atomic E-state index is 0.0193. The van der Waals surface area contributed by atoms with Crippen LogP contribution in [-0.4, -0.2) is 29.8 Å². The number of esters is 1. The maximum atomic E-state index is 12.0. The summed E-state index contributed by atoms with van der Waals surface area (Å²) in [6.45, 7) is 5.13. The number of aromatic nitrogens is 1. The number of rotatable bonds is 6. The monoisotopic (exact) mass is 280 g/mol. The van der Waals surface area contributed by atoms with E-state index in [9.17, 15) is 14.4 Å². The minimum Gasteiger partial charge on any atom is -0.465 e. The summed E-state index contributed by atoms with van der Waals surface area (Å²) in [6, 6.07) is 2.95. The summed E-state index contributed by atoms with van der Waals surface area (Å²) in [5, 5.41) is 2.30. The molecule has 0 aliphatic heterocycles. The van der Waals surface area contributed by atoms with Gasteiger partial charge in [0, 0.05) is 6.20 Å². The number of amides is 1. The minimum atomic E-state index is -0.768. The molecule has 0 saturated carbocycles. The first-order valence-electron chi connectivity index (χ1n) is 5.98. The lowest BCUT2D eigenvalue weighted by Crippen LogP contribution is -2.28. The first-order chi connectivity index (χ1) is 9.58. The highest BCUT2D eigenvalue weighted by molar-refractivity contribution is 5.84. The Morgan fingerprint density at radius 3 is 2.85 bits per heavy atom. The third kappa shape index (κ3) is 4.60. The fraction of sp³-hybridized carbons (Fsp3) is 0.308. The van der Waals surface area contributed by atoms with E-state index in [1.807, 2.05) is 0 Å². The Hall–Kier alpha value is -2.57. The number of hydrogen-bond donors (Lipinski definition) is 1. The van der Waals surface area contributed by atoms with Crippen molar-refractivity contribution in [2.75, 3.05) is 18.5 Å². The Morgan fingerprint density at radius 1 is 1.45 bits per heavy atom. The molecule has 0 bridgehead atoms. The zero-order valence-electron chi connectivity index (χ0n) is 11.1. The van der Waals surface area contributed by atoms with E-state index >= 15 is 0 Å². The van der Waals surface area contributed by atoms with Crippen LogP contribution in [0.2, 0.25) is 0 Å². The van der Waals surface area contributed by atoms with Gasteiger partial charge in [0.15, 0.2) is 0 Å². The summed E-state index contributed by atoms with van der Waals surface area (Å²) < 4.78 is 10.6. The van der Waals surface area contributed by atoms with Gasteiger partial charge in [-0.25, -0.2) is 4.79 Å². The fourth-order valence-corrected chi connectivity index (χ4v) is 1.38. The normalized spacial score (nSPS) is 9.65. The van der Waals surface area contributed by atoms with E-state index in [4.69, 9.17) is 9.47 Å². The number of nitrogens with one attached hydrogen (secondary N) is 1. The van der Waals surface area contributed by atoms with Crippen LogP contribution < -0.4 is 10.9 Å². The molecule has 7 heteroatoms. The highest BCUT2D eigenvalue weighted by Gasteiger charge is 2.10. The van der Waals surface area contributed by atoms with Gasteiger partial charge in [-0.2, -0.15) is 0 Å². The van der Waals surface area contributed by atoms with Crippen LogP contribution in [0.15, 0.2) is 35.8 Å². The standard InChI is InChI=1S/C13H16N2O5/c1-3-8-20-13(18)14-10-6-5-7-15(12(10)17)9-11(16)19-4-2/h3,5-7H,1,4,8-9H2,2H3,(H,14,18). The molecular weight excluding hydrogens is 264 g/mol. The average molecular weight is 280 g/mol. The van der Waals surface area contributed by atoms with Gasteiger partial charge in [0.1, 0.15) is 18.8 Å². The fourth-order valence-electron chi connectivity index (χ4n) is 1.38. The topological polar surface area (TPSA) is 86.6 Å². The number of anilines is 1. The summed E-state index contributed by atoms with van der Waals surface area (Å²) >= 11 is 0. The quantitative estimate of drug-likeness (QED) is 0.624. The Kier molecular flexibility index (Phi) is 6.02. The van der Waals surface area contributed by atoms with Crippen molar-refractivity contribution in [3.8, 4) is 0 Å². The number of pyridine rings is 1. The van der Waals surface area contributed by atoms with Crippen LogP contribution in [0.5, 0.6) is 0 Å². The molecule has 1 amide bonds. The molecular formula is C13H16N2O5. The van der Waals surface area contributed by atoms with E-state index in [0.29, 0.717) is 0 Å². The number of carbonyl (C=O) groups excluding carboxylic acids is 2. The smallest absolute Gasteiger partial charge is 0.412 e. The molecule has 0 aliphatic rings. The lowest BCUT2D eigenvalue weighted by Gasteiger charge is -2.08. The molecule has 0 saturated heterocycles. The second kappa shape index (κ2) is 7.78. The highest BCUT2D eigenvalue weighted by Crippen LogP contribution is 2.00. The van der Waals surface area contributed by atoms with Crippen LogP contribution in [0.25, 0.3) is 0 Å². The van der Waals surface area contributed by atoms with E-state index in [2.05, 4.69) is 11.9 Å². The Balaban J connectivity index is 2.79. The van der Waals surface area contributed by atoms with Gasteiger partial charge in [0.25, 0.3) is 5.56 Å².